The molecular weight excluding hydrogens is 272 g/mol. The van der Waals surface area contributed by atoms with E-state index in [2.05, 4.69) is 22.4 Å². The van der Waals surface area contributed by atoms with E-state index in [0.29, 0.717) is 0 Å². The Morgan fingerprint density at radius 3 is 2.95 bits per heavy atom. The lowest BCUT2D eigenvalue weighted by molar-refractivity contribution is 0.637. The van der Waals surface area contributed by atoms with E-state index in [1.807, 2.05) is 6.07 Å². The summed E-state index contributed by atoms with van der Waals surface area (Å²) in [5.74, 6) is 0. The number of rotatable bonds is 7. The summed E-state index contributed by atoms with van der Waals surface area (Å²) >= 11 is 1.57. The van der Waals surface area contributed by atoms with Gasteiger partial charge in [-0.15, -0.1) is 10.2 Å². The minimum absolute atomic E-state index is 0.0250. The van der Waals surface area contributed by atoms with Gasteiger partial charge in [0, 0.05) is 31.3 Å². The quantitative estimate of drug-likeness (QED) is 0.791. The molecule has 0 aliphatic heterocycles. The Labute approximate surface area is 122 Å². The Bertz CT molecular complexity index is 605. The number of pyridine rings is 1. The topological polar surface area (TPSA) is 59.8 Å². The minimum Gasteiger partial charge on any atom is -0.319 e. The van der Waals surface area contributed by atoms with Crippen LogP contribution in [-0.4, -0.2) is 27.9 Å². The van der Waals surface area contributed by atoms with E-state index < -0.39 is 0 Å². The van der Waals surface area contributed by atoms with E-state index >= 15 is 0 Å². The van der Waals surface area contributed by atoms with E-state index in [1.165, 1.54) is 0 Å². The van der Waals surface area contributed by atoms with Crippen molar-refractivity contribution in [2.75, 3.05) is 13.1 Å². The van der Waals surface area contributed by atoms with Gasteiger partial charge in [0.1, 0.15) is 10.0 Å². The van der Waals surface area contributed by atoms with Gasteiger partial charge in [-0.05, 0) is 32.0 Å². The third-order valence-electron chi connectivity index (χ3n) is 2.99. The average Bonchev–Trinajstić information content (AvgIpc) is 2.90. The van der Waals surface area contributed by atoms with E-state index in [4.69, 9.17) is 0 Å². The van der Waals surface area contributed by atoms with Crippen molar-refractivity contribution in [3.05, 3.63) is 33.7 Å². The number of nitrogens with zero attached hydrogens (tertiary/aromatic N) is 3. The van der Waals surface area contributed by atoms with Gasteiger partial charge in [0.25, 0.3) is 5.56 Å². The molecule has 0 unspecified atom stereocenters. The smallest absolute Gasteiger partial charge is 0.250 e. The highest BCUT2D eigenvalue weighted by molar-refractivity contribution is 7.14. The predicted octanol–water partition coefficient (Wildman–Crippen LogP) is 1.84. The highest BCUT2D eigenvalue weighted by atomic mass is 32.1. The first-order chi connectivity index (χ1) is 9.70. The van der Waals surface area contributed by atoms with Crippen LogP contribution in [0.5, 0.6) is 0 Å². The molecule has 1 N–H and O–H groups in total. The lowest BCUT2D eigenvalue weighted by atomic mass is 10.3. The molecule has 0 aromatic carbocycles. The fourth-order valence-electron chi connectivity index (χ4n) is 1.82. The summed E-state index contributed by atoms with van der Waals surface area (Å²) in [7, 11) is 1.74. The summed E-state index contributed by atoms with van der Waals surface area (Å²) in [6.45, 7) is 4.23. The molecule has 20 heavy (non-hydrogen) atoms. The zero-order chi connectivity index (χ0) is 14.4. The second-order valence-electron chi connectivity index (χ2n) is 4.72. The van der Waals surface area contributed by atoms with Crippen molar-refractivity contribution < 1.29 is 0 Å². The van der Waals surface area contributed by atoms with Crippen LogP contribution in [0.3, 0.4) is 0 Å². The van der Waals surface area contributed by atoms with Crippen molar-refractivity contribution in [2.24, 2.45) is 7.05 Å². The number of nitrogens with one attached hydrogen (secondary N) is 1. The molecule has 0 amide bonds. The highest BCUT2D eigenvalue weighted by Crippen LogP contribution is 2.22. The second kappa shape index (κ2) is 7.31. The SMILES string of the molecule is CCCNCCCc1nnc(-c2ccn(C)c(=O)c2)s1. The van der Waals surface area contributed by atoms with Crippen molar-refractivity contribution in [3.8, 4) is 10.6 Å². The molecule has 0 aliphatic carbocycles. The molecule has 2 heterocycles. The molecule has 2 rings (SSSR count). The maximum absolute atomic E-state index is 11.6. The molecule has 5 nitrogen and oxygen atoms in total. The van der Waals surface area contributed by atoms with Gasteiger partial charge in [-0.3, -0.25) is 4.79 Å². The van der Waals surface area contributed by atoms with Crippen LogP contribution in [0.1, 0.15) is 24.8 Å². The Balaban J connectivity index is 1.94. The molecule has 6 heteroatoms. The van der Waals surface area contributed by atoms with Crippen LogP contribution in [0.4, 0.5) is 0 Å². The molecule has 0 saturated heterocycles. The Kier molecular flexibility index (Phi) is 5.43. The normalized spacial score (nSPS) is 10.9. The molecule has 108 valence electrons. The summed E-state index contributed by atoms with van der Waals surface area (Å²) in [6, 6.07) is 3.50. The summed E-state index contributed by atoms with van der Waals surface area (Å²) < 4.78 is 1.55. The minimum atomic E-state index is -0.0250. The van der Waals surface area contributed by atoms with E-state index in [9.17, 15) is 4.79 Å². The lowest BCUT2D eigenvalue weighted by Gasteiger charge is -2.00. The standard InChI is InChI=1S/C14H20N4OS/c1-3-7-15-8-4-5-12-16-17-14(20-12)11-6-9-18(2)13(19)10-11/h6,9-10,15H,3-5,7-8H2,1-2H3. The average molecular weight is 292 g/mol. The van der Waals surface area contributed by atoms with Crippen molar-refractivity contribution in [1.29, 1.82) is 0 Å². The fourth-order valence-corrected chi connectivity index (χ4v) is 2.70. The Morgan fingerprint density at radius 2 is 2.20 bits per heavy atom. The van der Waals surface area contributed by atoms with Crippen LogP contribution in [0.25, 0.3) is 10.6 Å². The van der Waals surface area contributed by atoms with Gasteiger partial charge in [-0.1, -0.05) is 18.3 Å². The van der Waals surface area contributed by atoms with Crippen LogP contribution in [0.15, 0.2) is 23.1 Å². The van der Waals surface area contributed by atoms with Gasteiger partial charge < -0.3 is 9.88 Å². The summed E-state index contributed by atoms with van der Waals surface area (Å²) in [4.78, 5) is 11.6. The van der Waals surface area contributed by atoms with Crippen molar-refractivity contribution in [1.82, 2.24) is 20.1 Å². The number of aromatic nitrogens is 3. The van der Waals surface area contributed by atoms with Gasteiger partial charge in [0.2, 0.25) is 0 Å². The predicted molar refractivity (Wildman–Crippen MR) is 82.1 cm³/mol. The number of aryl methyl sites for hydroxylation is 2. The first-order valence-electron chi connectivity index (χ1n) is 6.91. The van der Waals surface area contributed by atoms with Crippen LogP contribution >= 0.6 is 11.3 Å². The first kappa shape index (κ1) is 14.9. The molecule has 2 aromatic heterocycles. The number of hydrogen-bond donors (Lipinski definition) is 1. The molecule has 0 atom stereocenters. The van der Waals surface area contributed by atoms with Crippen LogP contribution in [0.2, 0.25) is 0 Å². The lowest BCUT2D eigenvalue weighted by Crippen LogP contribution is -2.16. The molecule has 0 saturated carbocycles. The molecule has 2 aromatic rings. The van der Waals surface area contributed by atoms with Crippen LogP contribution in [0, 0.1) is 0 Å². The van der Waals surface area contributed by atoms with E-state index in [1.54, 1.807) is 35.2 Å². The molecule has 0 fully saturated rings. The maximum atomic E-state index is 11.6. The summed E-state index contributed by atoms with van der Waals surface area (Å²) in [6.07, 6.45) is 4.91. The molecule has 0 radical (unpaired) electrons. The summed E-state index contributed by atoms with van der Waals surface area (Å²) in [5, 5.41) is 13.6. The highest BCUT2D eigenvalue weighted by Gasteiger charge is 2.07. The zero-order valence-electron chi connectivity index (χ0n) is 11.9. The third-order valence-corrected chi connectivity index (χ3v) is 4.02. The van der Waals surface area contributed by atoms with Crippen molar-refractivity contribution >= 4 is 11.3 Å². The first-order valence-corrected chi connectivity index (χ1v) is 7.72. The fraction of sp³-hybridized carbons (Fsp3) is 0.500. The number of hydrogen-bond acceptors (Lipinski definition) is 5. The molecule has 0 spiro atoms. The summed E-state index contributed by atoms with van der Waals surface area (Å²) in [5.41, 5.74) is 0.823. The van der Waals surface area contributed by atoms with Crippen molar-refractivity contribution in [2.45, 2.75) is 26.2 Å². The van der Waals surface area contributed by atoms with Crippen molar-refractivity contribution in [3.63, 3.8) is 0 Å². The van der Waals surface area contributed by atoms with Gasteiger partial charge in [-0.25, -0.2) is 0 Å². The second-order valence-corrected chi connectivity index (χ2v) is 5.78. The molecule has 0 bridgehead atoms. The Morgan fingerprint density at radius 1 is 1.35 bits per heavy atom. The van der Waals surface area contributed by atoms with Crippen LogP contribution < -0.4 is 10.9 Å². The van der Waals surface area contributed by atoms with Gasteiger partial charge >= 0.3 is 0 Å². The Hall–Kier alpha value is -1.53. The monoisotopic (exact) mass is 292 g/mol. The largest absolute Gasteiger partial charge is 0.319 e. The third kappa shape index (κ3) is 3.98. The molecule has 0 aliphatic rings. The molecular formula is C14H20N4OS. The van der Waals surface area contributed by atoms with Crippen LogP contribution in [-0.2, 0) is 13.5 Å². The van der Waals surface area contributed by atoms with Gasteiger partial charge in [0.05, 0.1) is 0 Å². The maximum Gasteiger partial charge on any atom is 0.250 e. The van der Waals surface area contributed by atoms with E-state index in [-0.39, 0.29) is 5.56 Å². The van der Waals surface area contributed by atoms with Gasteiger partial charge in [-0.2, -0.15) is 0 Å². The zero-order valence-corrected chi connectivity index (χ0v) is 12.7. The van der Waals surface area contributed by atoms with Gasteiger partial charge in [0.15, 0.2) is 0 Å². The van der Waals surface area contributed by atoms with E-state index in [0.717, 1.165) is 47.9 Å².